The minimum atomic E-state index is -0.280. The van der Waals surface area contributed by atoms with Crippen molar-refractivity contribution in [3.05, 3.63) is 120 Å². The number of rotatable bonds is 5. The Balaban J connectivity index is 1.76. The highest BCUT2D eigenvalue weighted by molar-refractivity contribution is 5.94. The smallest absolute Gasteiger partial charge is 0.153 e. The zero-order chi connectivity index (χ0) is 21.9. The van der Waals surface area contributed by atoms with Crippen LogP contribution in [-0.4, -0.2) is 4.40 Å². The van der Waals surface area contributed by atoms with Crippen LogP contribution >= 0.6 is 0 Å². The van der Waals surface area contributed by atoms with E-state index < -0.39 is 0 Å². The van der Waals surface area contributed by atoms with Gasteiger partial charge in [0.2, 0.25) is 0 Å². The summed E-state index contributed by atoms with van der Waals surface area (Å²) in [5.41, 5.74) is 6.23. The van der Waals surface area contributed by atoms with Crippen molar-refractivity contribution < 1.29 is 9.13 Å². The summed E-state index contributed by atoms with van der Waals surface area (Å²) in [6.07, 6.45) is 1.91. The van der Waals surface area contributed by atoms with Crippen molar-refractivity contribution in [2.24, 2.45) is 0 Å². The van der Waals surface area contributed by atoms with E-state index in [9.17, 15) is 9.65 Å². The molecule has 4 heteroatoms. The molecule has 32 heavy (non-hydrogen) atoms. The number of nitrogens with zero attached hydrogens (tertiary/aromatic N) is 2. The zero-order valence-electron chi connectivity index (χ0n) is 17.2. The second kappa shape index (κ2) is 8.41. The fourth-order valence-electron chi connectivity index (χ4n) is 3.93. The molecule has 0 N–H and O–H groups in total. The molecule has 0 amide bonds. The van der Waals surface area contributed by atoms with Crippen molar-refractivity contribution in [2.75, 3.05) is 0 Å². The van der Waals surface area contributed by atoms with Gasteiger partial charge in [0.15, 0.2) is 5.75 Å². The van der Waals surface area contributed by atoms with Gasteiger partial charge in [0, 0.05) is 6.20 Å². The van der Waals surface area contributed by atoms with E-state index in [1.165, 1.54) is 12.1 Å². The molecule has 154 valence electrons. The monoisotopic (exact) mass is 418 g/mol. The summed E-state index contributed by atoms with van der Waals surface area (Å²) in [6, 6.07) is 32.4. The Bertz CT molecular complexity index is 1420. The first-order chi connectivity index (χ1) is 15.7. The van der Waals surface area contributed by atoms with Gasteiger partial charge in [0.1, 0.15) is 12.4 Å². The Morgan fingerprint density at radius 1 is 0.812 bits per heavy atom. The molecule has 2 aromatic heterocycles. The van der Waals surface area contributed by atoms with Crippen molar-refractivity contribution in [3.8, 4) is 34.2 Å². The zero-order valence-corrected chi connectivity index (χ0v) is 17.2. The van der Waals surface area contributed by atoms with Gasteiger partial charge in [-0.1, -0.05) is 72.8 Å². The predicted molar refractivity (Wildman–Crippen MR) is 124 cm³/mol. The van der Waals surface area contributed by atoms with E-state index >= 15 is 0 Å². The third kappa shape index (κ3) is 3.61. The highest BCUT2D eigenvalue weighted by atomic mass is 19.1. The van der Waals surface area contributed by atoms with Gasteiger partial charge in [-0.3, -0.25) is 0 Å². The summed E-state index contributed by atoms with van der Waals surface area (Å²) >= 11 is 0. The lowest BCUT2D eigenvalue weighted by atomic mass is 10.0. The van der Waals surface area contributed by atoms with Crippen LogP contribution in [0.25, 0.3) is 27.9 Å². The summed E-state index contributed by atoms with van der Waals surface area (Å²) in [4.78, 5) is 0. The summed E-state index contributed by atoms with van der Waals surface area (Å²) < 4.78 is 21.8. The Hall–Kier alpha value is -4.36. The average molecular weight is 418 g/mol. The van der Waals surface area contributed by atoms with Crippen LogP contribution in [0.15, 0.2) is 103 Å². The van der Waals surface area contributed by atoms with Crippen LogP contribution in [0.1, 0.15) is 11.1 Å². The van der Waals surface area contributed by atoms with Crippen molar-refractivity contribution in [3.63, 3.8) is 0 Å². The van der Waals surface area contributed by atoms with Crippen LogP contribution in [0.5, 0.6) is 5.75 Å². The van der Waals surface area contributed by atoms with Crippen LogP contribution in [0, 0.1) is 17.1 Å². The first-order valence-electron chi connectivity index (χ1n) is 10.3. The lowest BCUT2D eigenvalue weighted by Gasteiger charge is -2.10. The maximum Gasteiger partial charge on any atom is 0.153 e. The Labute approximate surface area is 185 Å². The number of benzene rings is 3. The van der Waals surface area contributed by atoms with Gasteiger partial charge in [-0.25, -0.2) is 4.39 Å². The number of hydrogen-bond donors (Lipinski definition) is 0. The first-order valence-corrected chi connectivity index (χ1v) is 10.3. The second-order valence-corrected chi connectivity index (χ2v) is 7.48. The van der Waals surface area contributed by atoms with Gasteiger partial charge in [-0.2, -0.15) is 5.26 Å². The first kappa shape index (κ1) is 19.6. The molecule has 0 atom stereocenters. The van der Waals surface area contributed by atoms with E-state index in [1.54, 1.807) is 18.2 Å². The molecule has 3 nitrogen and oxygen atoms in total. The molecule has 5 aromatic rings. The summed E-state index contributed by atoms with van der Waals surface area (Å²) in [6.45, 7) is 0.283. The molecular weight excluding hydrogens is 399 g/mol. The lowest BCUT2D eigenvalue weighted by Crippen LogP contribution is -1.96. The predicted octanol–water partition coefficient (Wildman–Crippen LogP) is 6.86. The van der Waals surface area contributed by atoms with E-state index in [2.05, 4.69) is 34.7 Å². The molecule has 5 rings (SSSR count). The number of hydrogen-bond acceptors (Lipinski definition) is 2. The van der Waals surface area contributed by atoms with E-state index in [4.69, 9.17) is 4.74 Å². The maximum absolute atomic E-state index is 13.3. The number of nitriles is 1. The minimum absolute atomic E-state index is 0.280. The molecule has 2 heterocycles. The van der Waals surface area contributed by atoms with Gasteiger partial charge in [-0.05, 0) is 41.0 Å². The molecule has 0 spiro atoms. The maximum atomic E-state index is 13.3. The average Bonchev–Trinajstić information content (AvgIpc) is 3.18. The Morgan fingerprint density at radius 3 is 2.12 bits per heavy atom. The third-order valence-electron chi connectivity index (χ3n) is 5.43. The fourth-order valence-corrected chi connectivity index (χ4v) is 3.93. The molecule has 0 aliphatic heterocycles. The van der Waals surface area contributed by atoms with Gasteiger partial charge in [0.05, 0.1) is 28.4 Å². The topological polar surface area (TPSA) is 37.4 Å². The van der Waals surface area contributed by atoms with Crippen LogP contribution < -0.4 is 4.74 Å². The molecule has 0 fully saturated rings. The minimum Gasteiger partial charge on any atom is -0.486 e. The third-order valence-corrected chi connectivity index (χ3v) is 5.43. The lowest BCUT2D eigenvalue weighted by molar-refractivity contribution is 0.311. The Morgan fingerprint density at radius 2 is 1.47 bits per heavy atom. The van der Waals surface area contributed by atoms with E-state index in [0.29, 0.717) is 11.3 Å². The van der Waals surface area contributed by atoms with Crippen molar-refractivity contribution >= 4 is 5.52 Å². The molecule has 0 aliphatic rings. The number of halogens is 1. The van der Waals surface area contributed by atoms with Gasteiger partial charge >= 0.3 is 0 Å². The molecule has 3 aromatic carbocycles. The summed E-state index contributed by atoms with van der Waals surface area (Å²) in [7, 11) is 0. The van der Waals surface area contributed by atoms with Crippen LogP contribution in [0.2, 0.25) is 0 Å². The summed E-state index contributed by atoms with van der Waals surface area (Å²) in [5, 5.41) is 9.50. The molecule has 0 saturated carbocycles. The number of pyridine rings is 1. The van der Waals surface area contributed by atoms with Gasteiger partial charge < -0.3 is 9.14 Å². The highest BCUT2D eigenvalue weighted by Gasteiger charge is 2.22. The largest absolute Gasteiger partial charge is 0.486 e. The van der Waals surface area contributed by atoms with E-state index in [0.717, 1.165) is 33.5 Å². The van der Waals surface area contributed by atoms with Crippen LogP contribution in [0.4, 0.5) is 4.39 Å². The second-order valence-electron chi connectivity index (χ2n) is 7.48. The van der Waals surface area contributed by atoms with Gasteiger partial charge in [-0.15, -0.1) is 0 Å². The molecular formula is C28H19FN2O. The Kier molecular flexibility index (Phi) is 5.15. The van der Waals surface area contributed by atoms with Crippen molar-refractivity contribution in [1.82, 2.24) is 4.40 Å². The molecule has 0 saturated heterocycles. The van der Waals surface area contributed by atoms with Crippen LogP contribution in [0.3, 0.4) is 0 Å². The van der Waals surface area contributed by atoms with Crippen LogP contribution in [-0.2, 0) is 6.61 Å². The molecule has 0 radical (unpaired) electrons. The van der Waals surface area contributed by atoms with Crippen molar-refractivity contribution in [2.45, 2.75) is 6.61 Å². The number of ether oxygens (including phenoxy) is 1. The summed E-state index contributed by atoms with van der Waals surface area (Å²) in [5.74, 6) is 0.412. The molecule has 0 bridgehead atoms. The number of aromatic nitrogens is 1. The highest BCUT2D eigenvalue weighted by Crippen LogP contribution is 2.44. The fraction of sp³-hybridized carbons (Fsp3) is 0.0357. The SMILES string of the molecule is N#Cc1ccn2c(-c3ccccc3)c(-c3ccccc3)c(OCc3ccc(F)cc3)c2c1. The molecule has 0 unspecified atom stereocenters. The van der Waals surface area contributed by atoms with Gasteiger partial charge in [0.25, 0.3) is 0 Å². The van der Waals surface area contributed by atoms with E-state index in [-0.39, 0.29) is 12.4 Å². The quantitative estimate of drug-likeness (QED) is 0.313. The normalized spacial score (nSPS) is 10.8. The van der Waals surface area contributed by atoms with Crippen molar-refractivity contribution in [1.29, 1.82) is 5.26 Å². The molecule has 0 aliphatic carbocycles. The standard InChI is InChI=1S/C28H19FN2O/c29-24-13-11-20(12-14-24)19-32-28-25-17-21(18-30)15-16-31(25)27(23-9-5-2-6-10-23)26(28)22-7-3-1-4-8-22/h1-17H,19H2. The van der Waals surface area contributed by atoms with E-state index in [1.807, 2.05) is 48.7 Å². The number of fused-ring (bicyclic) bond motifs is 1.